The molecule has 0 aliphatic heterocycles. The summed E-state index contributed by atoms with van der Waals surface area (Å²) in [6.07, 6.45) is 9.19. The van der Waals surface area contributed by atoms with E-state index in [2.05, 4.69) is 115 Å². The molecular formula is C44H27N3O2. The van der Waals surface area contributed by atoms with Gasteiger partial charge in [0.2, 0.25) is 0 Å². The van der Waals surface area contributed by atoms with Gasteiger partial charge >= 0.3 is 0 Å². The second-order valence-electron chi connectivity index (χ2n) is 12.3. The molecule has 0 bridgehead atoms. The zero-order valence-corrected chi connectivity index (χ0v) is 26.3. The highest BCUT2D eigenvalue weighted by Gasteiger charge is 2.20. The predicted molar refractivity (Wildman–Crippen MR) is 198 cm³/mol. The van der Waals surface area contributed by atoms with Gasteiger partial charge in [0.1, 0.15) is 22.5 Å². The van der Waals surface area contributed by atoms with E-state index in [-0.39, 0.29) is 0 Å². The van der Waals surface area contributed by atoms with E-state index in [1.54, 1.807) is 0 Å². The van der Waals surface area contributed by atoms with Gasteiger partial charge in [0.15, 0.2) is 17.5 Å². The van der Waals surface area contributed by atoms with Crippen LogP contribution in [0.3, 0.4) is 0 Å². The first kappa shape index (κ1) is 27.5. The Bertz CT molecular complexity index is 2810. The van der Waals surface area contributed by atoms with Crippen molar-refractivity contribution in [3.8, 4) is 45.3 Å². The monoisotopic (exact) mass is 629 g/mol. The van der Waals surface area contributed by atoms with Crippen molar-refractivity contribution in [3.63, 3.8) is 0 Å². The van der Waals surface area contributed by atoms with E-state index < -0.39 is 0 Å². The van der Waals surface area contributed by atoms with Crippen molar-refractivity contribution in [3.05, 3.63) is 157 Å². The first-order valence-corrected chi connectivity index (χ1v) is 16.4. The van der Waals surface area contributed by atoms with Gasteiger partial charge in [-0.25, -0.2) is 15.0 Å². The lowest BCUT2D eigenvalue weighted by Crippen LogP contribution is -2.01. The lowest BCUT2D eigenvalue weighted by atomic mass is 9.96. The summed E-state index contributed by atoms with van der Waals surface area (Å²) in [6, 6.07) is 43.5. The van der Waals surface area contributed by atoms with Crippen LogP contribution in [0.25, 0.3) is 95.0 Å². The van der Waals surface area contributed by atoms with Gasteiger partial charge < -0.3 is 8.83 Å². The number of hydrogen-bond acceptors (Lipinski definition) is 5. The highest BCUT2D eigenvalue weighted by atomic mass is 16.3. The van der Waals surface area contributed by atoms with Crippen molar-refractivity contribution in [2.24, 2.45) is 0 Å². The second kappa shape index (κ2) is 11.0. The number of hydrogen-bond donors (Lipinski definition) is 0. The zero-order valence-electron chi connectivity index (χ0n) is 26.3. The van der Waals surface area contributed by atoms with Gasteiger partial charge in [0, 0.05) is 44.8 Å². The van der Waals surface area contributed by atoms with E-state index in [9.17, 15) is 0 Å². The van der Waals surface area contributed by atoms with E-state index in [4.69, 9.17) is 23.8 Å². The molecule has 6 aromatic carbocycles. The van der Waals surface area contributed by atoms with Gasteiger partial charge in [-0.05, 0) is 46.2 Å². The summed E-state index contributed by atoms with van der Waals surface area (Å²) in [7, 11) is 0. The van der Waals surface area contributed by atoms with Crippen LogP contribution < -0.4 is 0 Å². The van der Waals surface area contributed by atoms with Crippen molar-refractivity contribution in [1.29, 1.82) is 0 Å². The predicted octanol–water partition coefficient (Wildman–Crippen LogP) is 11.5. The molecule has 0 unspecified atom stereocenters. The average molecular weight is 630 g/mol. The van der Waals surface area contributed by atoms with Crippen LogP contribution in [0, 0.1) is 0 Å². The molecule has 5 heteroatoms. The van der Waals surface area contributed by atoms with Crippen LogP contribution in [-0.4, -0.2) is 15.0 Å². The summed E-state index contributed by atoms with van der Waals surface area (Å²) in [5.41, 5.74) is 8.56. The summed E-state index contributed by atoms with van der Waals surface area (Å²) in [4.78, 5) is 15.5. The molecule has 10 rings (SSSR count). The maximum atomic E-state index is 6.33. The molecule has 0 N–H and O–H groups in total. The molecule has 3 heterocycles. The first-order chi connectivity index (χ1) is 24.3. The van der Waals surface area contributed by atoms with Gasteiger partial charge in [-0.15, -0.1) is 0 Å². The number of rotatable bonds is 4. The van der Waals surface area contributed by atoms with Gasteiger partial charge in [-0.2, -0.15) is 0 Å². The molecule has 0 spiro atoms. The molecule has 0 amide bonds. The molecule has 0 atom stereocenters. The van der Waals surface area contributed by atoms with Gasteiger partial charge in [-0.1, -0.05) is 127 Å². The third-order valence-electron chi connectivity index (χ3n) is 9.38. The molecule has 0 saturated heterocycles. The van der Waals surface area contributed by atoms with E-state index in [1.165, 1.54) is 0 Å². The standard InChI is InChI=1S/C44H27N3O2/c1-2-17-33-36(22-3-1)48-38-24-10-19-31(40(33)38)28-14-8-15-29(26-28)42-45-43(32-20-9-13-27-12-4-5-16-30(27)32)47-44(46-42)35-21-11-25-39-41(35)34-18-6-7-23-37(34)49-39/h1-21,23-26H,22H2. The van der Waals surface area contributed by atoms with Crippen molar-refractivity contribution in [1.82, 2.24) is 15.0 Å². The average Bonchev–Trinajstić information content (AvgIpc) is 3.63. The Labute approximate surface area is 281 Å². The van der Waals surface area contributed by atoms with Crippen molar-refractivity contribution in [2.75, 3.05) is 0 Å². The van der Waals surface area contributed by atoms with Crippen LogP contribution in [0.1, 0.15) is 11.3 Å². The van der Waals surface area contributed by atoms with E-state index in [0.717, 1.165) is 89.2 Å². The van der Waals surface area contributed by atoms with Crippen LogP contribution >= 0.6 is 0 Å². The van der Waals surface area contributed by atoms with Crippen LogP contribution in [0.2, 0.25) is 0 Å². The molecule has 3 aromatic heterocycles. The van der Waals surface area contributed by atoms with E-state index in [0.29, 0.717) is 17.5 Å². The number of aromatic nitrogens is 3. The minimum absolute atomic E-state index is 0.593. The van der Waals surface area contributed by atoms with Crippen LogP contribution in [0.5, 0.6) is 0 Å². The lowest BCUT2D eigenvalue weighted by molar-refractivity contribution is 0.564. The van der Waals surface area contributed by atoms with Gasteiger partial charge in [-0.3, -0.25) is 0 Å². The Morgan fingerprint density at radius 2 is 1.12 bits per heavy atom. The summed E-state index contributed by atoms with van der Waals surface area (Å²) in [5, 5.41) is 5.35. The smallest absolute Gasteiger partial charge is 0.164 e. The Kier molecular flexibility index (Phi) is 6.18. The summed E-state index contributed by atoms with van der Waals surface area (Å²) >= 11 is 0. The highest BCUT2D eigenvalue weighted by molar-refractivity contribution is 6.12. The van der Waals surface area contributed by atoms with E-state index in [1.807, 2.05) is 36.4 Å². The quantitative estimate of drug-likeness (QED) is 0.194. The molecule has 0 radical (unpaired) electrons. The molecule has 230 valence electrons. The van der Waals surface area contributed by atoms with Crippen molar-refractivity contribution < 1.29 is 8.83 Å². The Hall–Kier alpha value is -6.59. The number of para-hydroxylation sites is 1. The minimum Gasteiger partial charge on any atom is -0.460 e. The highest BCUT2D eigenvalue weighted by Crippen LogP contribution is 2.40. The number of allylic oxidation sites excluding steroid dienone is 3. The Morgan fingerprint density at radius 1 is 0.469 bits per heavy atom. The number of fused-ring (bicyclic) bond motifs is 7. The van der Waals surface area contributed by atoms with E-state index >= 15 is 0 Å². The fourth-order valence-electron chi connectivity index (χ4n) is 7.15. The molecule has 1 aliphatic rings. The fraction of sp³-hybridized carbons (Fsp3) is 0.0227. The summed E-state index contributed by atoms with van der Waals surface area (Å²) in [6.45, 7) is 0. The summed E-state index contributed by atoms with van der Waals surface area (Å²) in [5.74, 6) is 2.79. The Balaban J connectivity index is 1.21. The second-order valence-corrected chi connectivity index (χ2v) is 12.3. The largest absolute Gasteiger partial charge is 0.460 e. The van der Waals surface area contributed by atoms with Crippen LogP contribution in [-0.2, 0) is 6.42 Å². The molecule has 1 aliphatic carbocycles. The fourth-order valence-corrected chi connectivity index (χ4v) is 7.15. The number of benzene rings is 6. The summed E-state index contributed by atoms with van der Waals surface area (Å²) < 4.78 is 12.6. The first-order valence-electron chi connectivity index (χ1n) is 16.4. The maximum absolute atomic E-state index is 6.33. The Morgan fingerprint density at radius 3 is 2.04 bits per heavy atom. The topological polar surface area (TPSA) is 65.0 Å². The normalized spacial score (nSPS) is 12.7. The molecule has 0 fully saturated rings. The van der Waals surface area contributed by atoms with Crippen LogP contribution in [0.15, 0.2) is 154 Å². The SMILES string of the molecule is C1=CCc2oc3cccc(-c4cccc(-c5nc(-c6cccc7ccccc67)nc(-c6cccc7oc8ccccc8c67)n5)c4)c3c2C=C1. The molecule has 0 saturated carbocycles. The van der Waals surface area contributed by atoms with Crippen molar-refractivity contribution >= 4 is 49.8 Å². The number of nitrogens with zero attached hydrogens (tertiary/aromatic N) is 3. The number of furan rings is 2. The van der Waals surface area contributed by atoms with Crippen LogP contribution in [0.4, 0.5) is 0 Å². The lowest BCUT2D eigenvalue weighted by Gasteiger charge is -2.12. The molecule has 9 aromatic rings. The maximum Gasteiger partial charge on any atom is 0.164 e. The van der Waals surface area contributed by atoms with Gasteiger partial charge in [0.05, 0.1) is 0 Å². The molecule has 49 heavy (non-hydrogen) atoms. The molecular weight excluding hydrogens is 603 g/mol. The zero-order chi connectivity index (χ0) is 32.3. The third-order valence-corrected chi connectivity index (χ3v) is 9.38. The van der Waals surface area contributed by atoms with Crippen molar-refractivity contribution in [2.45, 2.75) is 6.42 Å². The van der Waals surface area contributed by atoms with Gasteiger partial charge in [0.25, 0.3) is 0 Å². The third kappa shape index (κ3) is 4.51. The molecule has 5 nitrogen and oxygen atoms in total. The minimum atomic E-state index is 0.593.